The predicted octanol–water partition coefficient (Wildman–Crippen LogP) is 2.57. The highest BCUT2D eigenvalue weighted by Gasteiger charge is 2.38. The number of carbonyl (C=O) groups is 1. The molecule has 1 atom stereocenters. The predicted molar refractivity (Wildman–Crippen MR) is 68.3 cm³/mol. The van der Waals surface area contributed by atoms with Gasteiger partial charge in [-0.1, -0.05) is 6.92 Å². The number of rotatable bonds is 2. The quantitative estimate of drug-likeness (QED) is 0.714. The lowest BCUT2D eigenvalue weighted by Gasteiger charge is -2.44. The molecule has 0 aliphatic carbocycles. The van der Waals surface area contributed by atoms with Gasteiger partial charge in [-0.25, -0.2) is 0 Å². The third-order valence-electron chi connectivity index (χ3n) is 4.05. The average Bonchev–Trinajstić information content (AvgIpc) is 2.39. The van der Waals surface area contributed by atoms with Crippen LogP contribution in [0.4, 0.5) is 0 Å². The maximum atomic E-state index is 12.0. The van der Waals surface area contributed by atoms with E-state index in [0.29, 0.717) is 6.42 Å². The van der Waals surface area contributed by atoms with Crippen molar-refractivity contribution >= 4 is 17.5 Å². The monoisotopic (exact) mass is 259 g/mol. The second-order valence-corrected chi connectivity index (χ2v) is 5.72. The van der Waals surface area contributed by atoms with E-state index < -0.39 is 0 Å². The van der Waals surface area contributed by atoms with Crippen LogP contribution in [0.5, 0.6) is 0 Å². The van der Waals surface area contributed by atoms with Gasteiger partial charge >= 0.3 is 0 Å². The second kappa shape index (κ2) is 5.57. The lowest BCUT2D eigenvalue weighted by Crippen LogP contribution is -2.50. The molecule has 3 nitrogen and oxygen atoms in total. The number of likely N-dealkylation sites (tertiary alicyclic amines) is 1. The first-order chi connectivity index (χ1) is 8.17. The van der Waals surface area contributed by atoms with Gasteiger partial charge in [-0.05, 0) is 38.5 Å². The third-order valence-corrected chi connectivity index (χ3v) is 4.54. The van der Waals surface area contributed by atoms with Crippen LogP contribution in [0.2, 0.25) is 0 Å². The Labute approximate surface area is 108 Å². The van der Waals surface area contributed by atoms with Crippen LogP contribution in [0.1, 0.15) is 45.4 Å². The molecule has 0 aromatic carbocycles. The van der Waals surface area contributed by atoms with Crippen molar-refractivity contribution in [2.75, 3.05) is 19.7 Å². The zero-order valence-corrected chi connectivity index (χ0v) is 11.3. The van der Waals surface area contributed by atoms with Crippen LogP contribution >= 0.6 is 11.6 Å². The average molecular weight is 260 g/mol. The number of hydrogen-bond donors (Lipinski definition) is 0. The standard InChI is InChI=1S/C13H22ClNO2/c1-2-11(14)12(16)15-8-6-13(7-9-15)5-3-4-10-17-13/h11H,2-10H2,1H3. The van der Waals surface area contributed by atoms with Crippen molar-refractivity contribution in [2.45, 2.75) is 56.4 Å². The van der Waals surface area contributed by atoms with Gasteiger partial charge in [-0.3, -0.25) is 4.79 Å². The van der Waals surface area contributed by atoms with Crippen molar-refractivity contribution < 1.29 is 9.53 Å². The molecule has 0 N–H and O–H groups in total. The minimum atomic E-state index is -0.351. The smallest absolute Gasteiger partial charge is 0.240 e. The highest BCUT2D eigenvalue weighted by atomic mass is 35.5. The first-order valence-electron chi connectivity index (χ1n) is 6.74. The molecule has 2 fully saturated rings. The van der Waals surface area contributed by atoms with E-state index in [4.69, 9.17) is 16.3 Å². The van der Waals surface area contributed by atoms with Crippen LogP contribution in [0.25, 0.3) is 0 Å². The van der Waals surface area contributed by atoms with Crippen molar-refractivity contribution in [1.29, 1.82) is 0 Å². The molecule has 1 unspecified atom stereocenters. The number of hydrogen-bond acceptors (Lipinski definition) is 2. The summed E-state index contributed by atoms with van der Waals surface area (Å²) in [7, 11) is 0. The van der Waals surface area contributed by atoms with E-state index in [2.05, 4.69) is 0 Å². The van der Waals surface area contributed by atoms with Crippen LogP contribution in [0.15, 0.2) is 0 Å². The first-order valence-corrected chi connectivity index (χ1v) is 7.17. The molecular formula is C13H22ClNO2. The summed E-state index contributed by atoms with van der Waals surface area (Å²) < 4.78 is 5.95. The van der Waals surface area contributed by atoms with Crippen LogP contribution < -0.4 is 0 Å². The van der Waals surface area contributed by atoms with Gasteiger partial charge in [-0.2, -0.15) is 0 Å². The molecular weight excluding hydrogens is 238 g/mol. The Balaban J connectivity index is 1.87. The van der Waals surface area contributed by atoms with Gasteiger partial charge in [-0.15, -0.1) is 11.6 Å². The van der Waals surface area contributed by atoms with E-state index in [0.717, 1.165) is 39.0 Å². The van der Waals surface area contributed by atoms with Crippen molar-refractivity contribution in [3.63, 3.8) is 0 Å². The maximum Gasteiger partial charge on any atom is 0.240 e. The highest BCUT2D eigenvalue weighted by Crippen LogP contribution is 2.35. The summed E-state index contributed by atoms with van der Waals surface area (Å²) in [5, 5.41) is -0.351. The second-order valence-electron chi connectivity index (χ2n) is 5.19. The Bertz CT molecular complexity index is 267. The number of halogens is 1. The van der Waals surface area contributed by atoms with E-state index in [1.807, 2.05) is 11.8 Å². The fraction of sp³-hybridized carbons (Fsp3) is 0.923. The van der Waals surface area contributed by atoms with Crippen LogP contribution in [0.3, 0.4) is 0 Å². The summed E-state index contributed by atoms with van der Waals surface area (Å²) in [6, 6.07) is 0. The highest BCUT2D eigenvalue weighted by molar-refractivity contribution is 6.30. The fourth-order valence-corrected chi connectivity index (χ4v) is 2.95. The Hall–Kier alpha value is -0.280. The molecule has 0 aromatic heterocycles. The summed E-state index contributed by atoms with van der Waals surface area (Å²) in [4.78, 5) is 13.9. The van der Waals surface area contributed by atoms with Crippen molar-refractivity contribution in [3.05, 3.63) is 0 Å². The zero-order valence-electron chi connectivity index (χ0n) is 10.6. The molecule has 2 aliphatic rings. The lowest BCUT2D eigenvalue weighted by atomic mass is 9.84. The fourth-order valence-electron chi connectivity index (χ4n) is 2.81. The number of ether oxygens (including phenoxy) is 1. The van der Waals surface area contributed by atoms with Gasteiger partial charge in [0, 0.05) is 19.7 Å². The van der Waals surface area contributed by atoms with Gasteiger partial charge < -0.3 is 9.64 Å². The van der Waals surface area contributed by atoms with Crippen LogP contribution in [-0.2, 0) is 9.53 Å². The molecule has 4 heteroatoms. The molecule has 2 rings (SSSR count). The Morgan fingerprint density at radius 3 is 2.59 bits per heavy atom. The number of nitrogens with zero attached hydrogens (tertiary/aromatic N) is 1. The Kier molecular flexibility index (Phi) is 4.31. The SMILES string of the molecule is CCC(Cl)C(=O)N1CCC2(CCCCO2)CC1. The molecule has 0 bridgehead atoms. The molecule has 98 valence electrons. The van der Waals surface area contributed by atoms with Crippen molar-refractivity contribution in [3.8, 4) is 0 Å². The minimum absolute atomic E-state index is 0.0725. The van der Waals surface area contributed by atoms with E-state index in [1.165, 1.54) is 12.8 Å². The summed E-state index contributed by atoms with van der Waals surface area (Å²) in [5.74, 6) is 0.0971. The van der Waals surface area contributed by atoms with Gasteiger partial charge in [0.25, 0.3) is 0 Å². The van der Waals surface area contributed by atoms with E-state index >= 15 is 0 Å². The zero-order chi connectivity index (χ0) is 12.3. The van der Waals surface area contributed by atoms with Gasteiger partial charge in [0.15, 0.2) is 0 Å². The summed E-state index contributed by atoms with van der Waals surface area (Å²) >= 11 is 6.00. The molecule has 0 aromatic rings. The molecule has 0 saturated carbocycles. The molecule has 0 radical (unpaired) electrons. The molecule has 1 amide bonds. The van der Waals surface area contributed by atoms with Crippen LogP contribution in [-0.4, -0.2) is 41.5 Å². The topological polar surface area (TPSA) is 29.5 Å². The normalized spacial score (nSPS) is 25.9. The van der Waals surface area contributed by atoms with Gasteiger partial charge in [0.1, 0.15) is 5.38 Å². The van der Waals surface area contributed by atoms with Crippen LogP contribution in [0, 0.1) is 0 Å². The summed E-state index contributed by atoms with van der Waals surface area (Å²) in [6.07, 6.45) is 6.27. The maximum absolute atomic E-state index is 12.0. The lowest BCUT2D eigenvalue weighted by molar-refractivity contribution is -0.142. The van der Waals surface area contributed by atoms with E-state index in [-0.39, 0.29) is 16.9 Å². The number of piperidine rings is 1. The summed E-state index contributed by atoms with van der Waals surface area (Å²) in [5.41, 5.74) is 0.0725. The number of amides is 1. The van der Waals surface area contributed by atoms with Gasteiger partial charge in [0.05, 0.1) is 5.60 Å². The number of alkyl halides is 1. The molecule has 1 spiro atoms. The molecule has 2 saturated heterocycles. The Morgan fingerprint density at radius 1 is 1.35 bits per heavy atom. The van der Waals surface area contributed by atoms with E-state index in [9.17, 15) is 4.79 Å². The Morgan fingerprint density at radius 2 is 2.06 bits per heavy atom. The van der Waals surface area contributed by atoms with Crippen molar-refractivity contribution in [1.82, 2.24) is 4.90 Å². The number of carbonyl (C=O) groups excluding carboxylic acids is 1. The largest absolute Gasteiger partial charge is 0.375 e. The van der Waals surface area contributed by atoms with Gasteiger partial charge in [0.2, 0.25) is 5.91 Å². The summed E-state index contributed by atoms with van der Waals surface area (Å²) in [6.45, 7) is 4.45. The molecule has 2 aliphatic heterocycles. The third kappa shape index (κ3) is 2.94. The minimum Gasteiger partial charge on any atom is -0.375 e. The molecule has 17 heavy (non-hydrogen) atoms. The molecule has 2 heterocycles. The first kappa shape index (κ1) is 13.2. The van der Waals surface area contributed by atoms with E-state index in [1.54, 1.807) is 0 Å². The van der Waals surface area contributed by atoms with Crippen molar-refractivity contribution in [2.24, 2.45) is 0 Å².